The van der Waals surface area contributed by atoms with Crippen molar-refractivity contribution in [2.45, 2.75) is 12.7 Å². The summed E-state index contributed by atoms with van der Waals surface area (Å²) in [6.45, 7) is -0.194. The SMILES string of the molecule is O=C(NCc1cccc(C(F)(F)F)c1)c1cc(F)cc(F)c1. The number of amides is 1. The van der Waals surface area contributed by atoms with Crippen LogP contribution in [0, 0.1) is 11.6 Å². The molecule has 0 fully saturated rings. The fraction of sp³-hybridized carbons (Fsp3) is 0.133. The Morgan fingerprint density at radius 3 is 2.23 bits per heavy atom. The first-order chi connectivity index (χ1) is 10.3. The maximum atomic E-state index is 13.0. The van der Waals surface area contributed by atoms with E-state index < -0.39 is 29.3 Å². The molecule has 1 N–H and O–H groups in total. The maximum absolute atomic E-state index is 13.0. The van der Waals surface area contributed by atoms with Crippen molar-refractivity contribution in [3.05, 3.63) is 70.8 Å². The van der Waals surface area contributed by atoms with Gasteiger partial charge in [0.25, 0.3) is 5.91 Å². The van der Waals surface area contributed by atoms with Gasteiger partial charge in [-0.15, -0.1) is 0 Å². The fourth-order valence-corrected chi connectivity index (χ4v) is 1.83. The molecule has 2 rings (SSSR count). The minimum atomic E-state index is -4.48. The molecule has 0 saturated heterocycles. The van der Waals surface area contributed by atoms with E-state index in [1.54, 1.807) is 0 Å². The molecule has 0 unspecified atom stereocenters. The van der Waals surface area contributed by atoms with Crippen LogP contribution in [0.2, 0.25) is 0 Å². The maximum Gasteiger partial charge on any atom is 0.416 e. The summed E-state index contributed by atoms with van der Waals surface area (Å²) in [5.74, 6) is -2.61. The number of alkyl halides is 3. The Kier molecular flexibility index (Phi) is 4.44. The molecule has 0 aliphatic heterocycles. The molecule has 2 aromatic rings. The van der Waals surface area contributed by atoms with E-state index in [4.69, 9.17) is 0 Å². The molecule has 22 heavy (non-hydrogen) atoms. The summed E-state index contributed by atoms with van der Waals surface area (Å²) in [6, 6.07) is 6.71. The Hall–Kier alpha value is -2.44. The Balaban J connectivity index is 2.08. The van der Waals surface area contributed by atoms with Gasteiger partial charge in [0.05, 0.1) is 5.56 Å². The van der Waals surface area contributed by atoms with E-state index in [0.29, 0.717) is 6.07 Å². The lowest BCUT2D eigenvalue weighted by atomic mass is 10.1. The molecule has 0 atom stereocenters. The van der Waals surface area contributed by atoms with Crippen LogP contribution in [0.1, 0.15) is 21.5 Å². The number of benzene rings is 2. The molecule has 0 saturated carbocycles. The molecule has 0 aliphatic rings. The van der Waals surface area contributed by atoms with Gasteiger partial charge < -0.3 is 5.32 Å². The van der Waals surface area contributed by atoms with Crippen LogP contribution >= 0.6 is 0 Å². The number of halogens is 5. The lowest BCUT2D eigenvalue weighted by molar-refractivity contribution is -0.137. The van der Waals surface area contributed by atoms with Gasteiger partial charge in [0.1, 0.15) is 11.6 Å². The zero-order valence-electron chi connectivity index (χ0n) is 11.0. The highest BCUT2D eigenvalue weighted by molar-refractivity contribution is 5.94. The molecule has 116 valence electrons. The summed E-state index contributed by atoms with van der Waals surface area (Å²) in [6.07, 6.45) is -4.48. The number of rotatable bonds is 3. The van der Waals surface area contributed by atoms with E-state index in [2.05, 4.69) is 5.32 Å². The van der Waals surface area contributed by atoms with Crippen molar-refractivity contribution in [2.75, 3.05) is 0 Å². The van der Waals surface area contributed by atoms with Crippen LogP contribution in [-0.2, 0) is 12.7 Å². The second-order valence-electron chi connectivity index (χ2n) is 4.54. The van der Waals surface area contributed by atoms with Crippen LogP contribution in [0.4, 0.5) is 22.0 Å². The third-order valence-electron chi connectivity index (χ3n) is 2.83. The molecule has 0 aliphatic carbocycles. The van der Waals surface area contributed by atoms with Crippen molar-refractivity contribution in [3.8, 4) is 0 Å². The van der Waals surface area contributed by atoms with E-state index in [1.807, 2.05) is 0 Å². The van der Waals surface area contributed by atoms with Gasteiger partial charge in [-0.2, -0.15) is 13.2 Å². The molecular formula is C15H10F5NO. The summed E-state index contributed by atoms with van der Waals surface area (Å²) in [5, 5.41) is 2.31. The van der Waals surface area contributed by atoms with Crippen LogP contribution in [0.5, 0.6) is 0 Å². The average Bonchev–Trinajstić information content (AvgIpc) is 2.43. The third-order valence-corrected chi connectivity index (χ3v) is 2.83. The second-order valence-corrected chi connectivity index (χ2v) is 4.54. The van der Waals surface area contributed by atoms with Gasteiger partial charge in [-0.05, 0) is 29.8 Å². The van der Waals surface area contributed by atoms with Crippen LogP contribution in [-0.4, -0.2) is 5.91 Å². The van der Waals surface area contributed by atoms with Gasteiger partial charge in [0, 0.05) is 18.2 Å². The monoisotopic (exact) mass is 315 g/mol. The summed E-state index contributed by atoms with van der Waals surface area (Å²) in [7, 11) is 0. The molecule has 1 amide bonds. The zero-order chi connectivity index (χ0) is 16.3. The highest BCUT2D eigenvalue weighted by Crippen LogP contribution is 2.29. The van der Waals surface area contributed by atoms with Crippen LogP contribution in [0.25, 0.3) is 0 Å². The van der Waals surface area contributed by atoms with Crippen LogP contribution in [0.15, 0.2) is 42.5 Å². The Bertz CT molecular complexity index is 676. The lowest BCUT2D eigenvalue weighted by Crippen LogP contribution is -2.23. The number of hydrogen-bond acceptors (Lipinski definition) is 1. The highest BCUT2D eigenvalue weighted by atomic mass is 19.4. The van der Waals surface area contributed by atoms with E-state index in [9.17, 15) is 26.7 Å². The molecule has 0 aromatic heterocycles. The fourth-order valence-electron chi connectivity index (χ4n) is 1.83. The van der Waals surface area contributed by atoms with Crippen molar-refractivity contribution in [2.24, 2.45) is 0 Å². The Morgan fingerprint density at radius 2 is 1.64 bits per heavy atom. The normalized spacial score (nSPS) is 11.3. The van der Waals surface area contributed by atoms with Gasteiger partial charge in [0.2, 0.25) is 0 Å². The van der Waals surface area contributed by atoms with Gasteiger partial charge in [-0.3, -0.25) is 4.79 Å². The predicted molar refractivity (Wildman–Crippen MR) is 69.0 cm³/mol. The largest absolute Gasteiger partial charge is 0.416 e. The smallest absolute Gasteiger partial charge is 0.348 e. The number of nitrogens with one attached hydrogen (secondary N) is 1. The van der Waals surface area contributed by atoms with Crippen molar-refractivity contribution in [3.63, 3.8) is 0 Å². The van der Waals surface area contributed by atoms with Crippen LogP contribution in [0.3, 0.4) is 0 Å². The van der Waals surface area contributed by atoms with Gasteiger partial charge in [-0.25, -0.2) is 8.78 Å². The molecule has 0 radical (unpaired) electrons. The molecule has 0 heterocycles. The first-order valence-electron chi connectivity index (χ1n) is 6.16. The van der Waals surface area contributed by atoms with Crippen LogP contribution < -0.4 is 5.32 Å². The number of carbonyl (C=O) groups excluding carboxylic acids is 1. The number of carbonyl (C=O) groups is 1. The third kappa shape index (κ3) is 4.03. The first-order valence-corrected chi connectivity index (χ1v) is 6.16. The van der Waals surface area contributed by atoms with Crippen molar-refractivity contribution >= 4 is 5.91 Å². The summed E-state index contributed by atoms with van der Waals surface area (Å²) < 4.78 is 63.6. The molecule has 0 bridgehead atoms. The molecular weight excluding hydrogens is 305 g/mol. The second kappa shape index (κ2) is 6.13. The average molecular weight is 315 g/mol. The predicted octanol–water partition coefficient (Wildman–Crippen LogP) is 3.91. The Labute approximate surface area is 122 Å². The van der Waals surface area contributed by atoms with E-state index in [0.717, 1.165) is 24.3 Å². The molecule has 0 spiro atoms. The van der Waals surface area contributed by atoms with E-state index in [1.165, 1.54) is 12.1 Å². The highest BCUT2D eigenvalue weighted by Gasteiger charge is 2.30. The number of hydrogen-bond donors (Lipinski definition) is 1. The quantitative estimate of drug-likeness (QED) is 0.855. The minimum absolute atomic E-state index is 0.194. The topological polar surface area (TPSA) is 29.1 Å². The molecule has 7 heteroatoms. The Morgan fingerprint density at radius 1 is 1.00 bits per heavy atom. The van der Waals surface area contributed by atoms with Gasteiger partial charge >= 0.3 is 6.18 Å². The van der Waals surface area contributed by atoms with E-state index in [-0.39, 0.29) is 17.7 Å². The first kappa shape index (κ1) is 15.9. The van der Waals surface area contributed by atoms with Crippen molar-refractivity contribution in [1.29, 1.82) is 0 Å². The minimum Gasteiger partial charge on any atom is -0.348 e. The zero-order valence-corrected chi connectivity index (χ0v) is 11.0. The van der Waals surface area contributed by atoms with Crippen molar-refractivity contribution < 1.29 is 26.7 Å². The summed E-state index contributed by atoms with van der Waals surface area (Å²) in [4.78, 5) is 11.7. The van der Waals surface area contributed by atoms with Gasteiger partial charge in [0.15, 0.2) is 0 Å². The van der Waals surface area contributed by atoms with E-state index >= 15 is 0 Å². The standard InChI is InChI=1S/C15H10F5NO/c16-12-5-10(6-13(17)7-12)14(22)21-8-9-2-1-3-11(4-9)15(18,19)20/h1-7H,8H2,(H,21,22). The van der Waals surface area contributed by atoms with Crippen molar-refractivity contribution in [1.82, 2.24) is 5.32 Å². The molecule has 2 aromatic carbocycles. The van der Waals surface area contributed by atoms with Gasteiger partial charge in [-0.1, -0.05) is 12.1 Å². The summed E-state index contributed by atoms with van der Waals surface area (Å²) >= 11 is 0. The summed E-state index contributed by atoms with van der Waals surface area (Å²) in [5.41, 5.74) is -0.861. The molecule has 2 nitrogen and oxygen atoms in total. The lowest BCUT2D eigenvalue weighted by Gasteiger charge is -2.10.